The van der Waals surface area contributed by atoms with Gasteiger partial charge in [-0.3, -0.25) is 19.8 Å². The summed E-state index contributed by atoms with van der Waals surface area (Å²) in [5.41, 5.74) is 5.41. The molecule has 214 valence electrons. The molecule has 3 N–H and O–H groups in total. The van der Waals surface area contributed by atoms with E-state index in [9.17, 15) is 23.3 Å². The van der Waals surface area contributed by atoms with Crippen molar-refractivity contribution in [3.8, 4) is 17.2 Å². The zero-order valence-corrected chi connectivity index (χ0v) is 22.8. The van der Waals surface area contributed by atoms with Crippen LogP contribution in [0.3, 0.4) is 0 Å². The van der Waals surface area contributed by atoms with Gasteiger partial charge in [-0.15, -0.1) is 0 Å². The van der Waals surface area contributed by atoms with Gasteiger partial charge in [0.1, 0.15) is 22.9 Å². The fourth-order valence-corrected chi connectivity index (χ4v) is 6.04. The molecule has 0 radical (unpaired) electrons. The van der Waals surface area contributed by atoms with Crippen LogP contribution < -0.4 is 15.2 Å². The maximum atomic E-state index is 13.8. The van der Waals surface area contributed by atoms with Crippen LogP contribution in [0.1, 0.15) is 17.3 Å². The van der Waals surface area contributed by atoms with Gasteiger partial charge in [0.2, 0.25) is 9.84 Å². The SMILES string of the molecule is CCN1CCOCC1COc1ccc(S(=O)(=O)c2cccc(C(N)=O)c2Oc2cnc3[nH]ccc3c2)cc1[N+](=O)[O-]. The van der Waals surface area contributed by atoms with Crippen LogP contribution in [0.15, 0.2) is 70.7 Å². The first-order valence-corrected chi connectivity index (χ1v) is 14.2. The van der Waals surface area contributed by atoms with E-state index in [1.54, 1.807) is 18.3 Å². The Morgan fingerprint density at radius 2 is 2.10 bits per heavy atom. The number of ether oxygens (including phenoxy) is 3. The summed E-state index contributed by atoms with van der Waals surface area (Å²) in [5, 5.41) is 12.6. The number of benzene rings is 2. The minimum absolute atomic E-state index is 0.0798. The van der Waals surface area contributed by atoms with Gasteiger partial charge in [0.05, 0.1) is 40.8 Å². The van der Waals surface area contributed by atoms with Crippen molar-refractivity contribution in [2.45, 2.75) is 22.8 Å². The second-order valence-corrected chi connectivity index (χ2v) is 11.2. The molecule has 0 aliphatic carbocycles. The second kappa shape index (κ2) is 11.5. The number of H-pyrrole nitrogens is 1. The highest BCUT2D eigenvalue weighted by Crippen LogP contribution is 2.38. The first-order valence-electron chi connectivity index (χ1n) is 12.7. The van der Waals surface area contributed by atoms with E-state index < -0.39 is 36.1 Å². The molecule has 1 amide bonds. The molecule has 0 spiro atoms. The third-order valence-electron chi connectivity index (χ3n) is 6.75. The zero-order chi connectivity index (χ0) is 29.1. The van der Waals surface area contributed by atoms with E-state index >= 15 is 0 Å². The number of aromatic amines is 1. The molecule has 1 aliphatic heterocycles. The molecule has 1 saturated heterocycles. The number of morpholine rings is 1. The minimum atomic E-state index is -4.45. The lowest BCUT2D eigenvalue weighted by molar-refractivity contribution is -0.386. The highest BCUT2D eigenvalue weighted by atomic mass is 32.2. The van der Waals surface area contributed by atoms with Crippen LogP contribution in [0.5, 0.6) is 17.2 Å². The zero-order valence-electron chi connectivity index (χ0n) is 22.0. The Bertz CT molecular complexity index is 1720. The summed E-state index contributed by atoms with van der Waals surface area (Å²) >= 11 is 0. The van der Waals surface area contributed by atoms with Crippen molar-refractivity contribution >= 4 is 32.5 Å². The van der Waals surface area contributed by atoms with Crippen molar-refractivity contribution in [2.75, 3.05) is 32.9 Å². The molecule has 1 unspecified atom stereocenters. The molecule has 0 saturated carbocycles. The van der Waals surface area contributed by atoms with E-state index in [0.29, 0.717) is 30.8 Å². The smallest absolute Gasteiger partial charge is 0.312 e. The highest BCUT2D eigenvalue weighted by Gasteiger charge is 2.30. The van der Waals surface area contributed by atoms with E-state index in [4.69, 9.17) is 19.9 Å². The summed E-state index contributed by atoms with van der Waals surface area (Å²) in [6.07, 6.45) is 3.04. The number of sulfone groups is 1. The number of pyridine rings is 1. The summed E-state index contributed by atoms with van der Waals surface area (Å²) in [6, 6.07) is 10.5. The number of fused-ring (bicyclic) bond motifs is 1. The molecule has 4 aromatic rings. The van der Waals surface area contributed by atoms with Gasteiger partial charge in [0.25, 0.3) is 5.91 Å². The van der Waals surface area contributed by atoms with Gasteiger partial charge in [-0.2, -0.15) is 0 Å². The van der Waals surface area contributed by atoms with Crippen LogP contribution >= 0.6 is 0 Å². The van der Waals surface area contributed by atoms with E-state index in [-0.39, 0.29) is 35.5 Å². The summed E-state index contributed by atoms with van der Waals surface area (Å²) < 4.78 is 44.8. The molecule has 14 heteroatoms. The Hall–Kier alpha value is -4.53. The molecule has 3 heterocycles. The number of nitro benzene ring substituents is 1. The Balaban J connectivity index is 1.50. The largest absolute Gasteiger partial charge is 0.485 e. The summed E-state index contributed by atoms with van der Waals surface area (Å²) in [5.74, 6) is -1.17. The van der Waals surface area contributed by atoms with Crippen LogP contribution in [0.2, 0.25) is 0 Å². The normalized spacial score (nSPS) is 16.0. The predicted octanol–water partition coefficient (Wildman–Crippen LogP) is 3.29. The van der Waals surface area contributed by atoms with E-state index in [0.717, 1.165) is 12.6 Å². The van der Waals surface area contributed by atoms with Gasteiger partial charge in [0.15, 0.2) is 11.5 Å². The van der Waals surface area contributed by atoms with Crippen LogP contribution in [-0.2, 0) is 14.6 Å². The van der Waals surface area contributed by atoms with E-state index in [2.05, 4.69) is 14.9 Å². The third kappa shape index (κ3) is 5.70. The lowest BCUT2D eigenvalue weighted by Gasteiger charge is -2.34. The van der Waals surface area contributed by atoms with E-state index in [1.807, 2.05) is 6.92 Å². The molecule has 1 atom stereocenters. The van der Waals surface area contributed by atoms with Crippen molar-refractivity contribution in [2.24, 2.45) is 5.73 Å². The third-order valence-corrected chi connectivity index (χ3v) is 8.53. The van der Waals surface area contributed by atoms with Crippen molar-refractivity contribution in [3.63, 3.8) is 0 Å². The number of nitrogens with two attached hydrogens (primary N) is 1. The number of hydrogen-bond acceptors (Lipinski definition) is 10. The molecule has 1 aliphatic rings. The second-order valence-electron chi connectivity index (χ2n) is 9.24. The number of carbonyl (C=O) groups is 1. The van der Waals surface area contributed by atoms with Gasteiger partial charge < -0.3 is 24.9 Å². The monoisotopic (exact) mass is 581 g/mol. The lowest BCUT2D eigenvalue weighted by Crippen LogP contribution is -2.48. The fraction of sp³-hybridized carbons (Fsp3) is 0.259. The number of likely N-dealkylation sites (N-methyl/N-ethyl adjacent to an activating group) is 1. The minimum Gasteiger partial charge on any atom is -0.485 e. The standard InChI is InChI=1S/C27H27N5O8S/c1-2-31-10-11-38-15-18(31)16-39-23-7-6-20(13-22(23)32(34)35)41(36,37)24-5-3-4-21(26(28)33)25(24)40-19-12-17-8-9-29-27(17)30-14-19/h3-9,12-14,18H,2,10-11,15-16H2,1H3,(H2,28,33)(H,29,30). The molecular weight excluding hydrogens is 554 g/mol. The number of aromatic nitrogens is 2. The number of nitrogens with one attached hydrogen (secondary N) is 1. The van der Waals surface area contributed by atoms with Crippen molar-refractivity contribution in [1.82, 2.24) is 14.9 Å². The summed E-state index contributed by atoms with van der Waals surface area (Å²) in [6.45, 7) is 4.62. The Kier molecular flexibility index (Phi) is 7.88. The Labute approximate surface area is 234 Å². The maximum Gasteiger partial charge on any atom is 0.312 e. The number of nitro groups is 1. The Morgan fingerprint density at radius 1 is 1.27 bits per heavy atom. The number of rotatable bonds is 10. The number of para-hydroxylation sites is 1. The van der Waals surface area contributed by atoms with Gasteiger partial charge >= 0.3 is 5.69 Å². The fourth-order valence-electron chi connectivity index (χ4n) is 4.62. The van der Waals surface area contributed by atoms with Crippen LogP contribution in [-0.4, -0.2) is 73.1 Å². The van der Waals surface area contributed by atoms with Crippen LogP contribution in [0.25, 0.3) is 11.0 Å². The molecule has 2 aromatic carbocycles. The highest BCUT2D eigenvalue weighted by molar-refractivity contribution is 7.91. The number of primary amides is 1. The van der Waals surface area contributed by atoms with Crippen LogP contribution in [0.4, 0.5) is 5.69 Å². The van der Waals surface area contributed by atoms with E-state index in [1.165, 1.54) is 36.5 Å². The molecule has 5 rings (SSSR count). The van der Waals surface area contributed by atoms with Crippen molar-refractivity contribution < 1.29 is 32.3 Å². The number of hydrogen-bond donors (Lipinski definition) is 2. The van der Waals surface area contributed by atoms with Crippen LogP contribution in [0, 0.1) is 10.1 Å². The maximum absolute atomic E-state index is 13.8. The molecule has 2 aromatic heterocycles. The quantitative estimate of drug-likeness (QED) is 0.208. The number of carbonyl (C=O) groups excluding carboxylic acids is 1. The lowest BCUT2D eigenvalue weighted by atomic mass is 10.2. The van der Waals surface area contributed by atoms with Gasteiger partial charge in [0, 0.05) is 24.2 Å². The van der Waals surface area contributed by atoms with Gasteiger partial charge in [-0.05, 0) is 42.9 Å². The number of nitrogens with zero attached hydrogens (tertiary/aromatic N) is 3. The van der Waals surface area contributed by atoms with Crippen molar-refractivity contribution in [1.29, 1.82) is 0 Å². The molecule has 41 heavy (non-hydrogen) atoms. The topological polar surface area (TPSA) is 180 Å². The Morgan fingerprint density at radius 3 is 2.85 bits per heavy atom. The van der Waals surface area contributed by atoms with Gasteiger partial charge in [-0.1, -0.05) is 13.0 Å². The van der Waals surface area contributed by atoms with Gasteiger partial charge in [-0.25, -0.2) is 13.4 Å². The summed E-state index contributed by atoms with van der Waals surface area (Å²) in [7, 11) is -4.45. The molecule has 13 nitrogen and oxygen atoms in total. The average Bonchev–Trinajstić information content (AvgIpc) is 3.44. The first kappa shape index (κ1) is 28.0. The summed E-state index contributed by atoms with van der Waals surface area (Å²) in [4.78, 5) is 32.0. The first-order chi connectivity index (χ1) is 19.7. The number of amides is 1. The molecule has 0 bridgehead atoms. The average molecular weight is 582 g/mol. The molecule has 1 fully saturated rings. The molecular formula is C27H27N5O8S. The van der Waals surface area contributed by atoms with Crippen molar-refractivity contribution in [3.05, 3.63) is 76.6 Å². The predicted molar refractivity (Wildman–Crippen MR) is 147 cm³/mol.